The second-order valence-electron chi connectivity index (χ2n) is 30.4. The Hall–Kier alpha value is -15.6. The predicted octanol–water partition coefficient (Wildman–Crippen LogP) is 30.9. The zero-order chi connectivity index (χ0) is 77.3. The molecule has 548 valence electrons. The van der Waals surface area contributed by atoms with Crippen molar-refractivity contribution >= 4 is 143 Å². The summed E-state index contributed by atoms with van der Waals surface area (Å²) in [6.07, 6.45) is 0. The maximum absolute atomic E-state index is 2.39. The first kappa shape index (κ1) is 68.3. The maximum atomic E-state index is 2.39. The van der Waals surface area contributed by atoms with Crippen LogP contribution in [0.15, 0.2) is 455 Å². The smallest absolute Gasteiger partial charge is 0.0541 e. The van der Waals surface area contributed by atoms with Crippen molar-refractivity contribution < 1.29 is 0 Å². The quantitative estimate of drug-likeness (QED) is 0.107. The van der Waals surface area contributed by atoms with E-state index in [4.69, 9.17) is 0 Å². The van der Waals surface area contributed by atoms with Crippen LogP contribution in [0.5, 0.6) is 0 Å². The fourth-order valence-electron chi connectivity index (χ4n) is 18.0. The van der Waals surface area contributed by atoms with Crippen molar-refractivity contribution in [3.63, 3.8) is 0 Å². The monoisotopic (exact) mass is 1490 g/mol. The molecule has 0 saturated carbocycles. The predicted molar refractivity (Wildman–Crippen MR) is 497 cm³/mol. The normalized spacial score (nSPS) is 11.6. The molecule has 0 spiro atoms. The average molecular weight is 1490 g/mol. The molecule has 0 amide bonds. The zero-order valence-corrected chi connectivity index (χ0v) is 64.0. The van der Waals surface area contributed by atoms with Gasteiger partial charge in [0, 0.05) is 83.5 Å². The number of nitrogens with zero attached hydrogens (tertiary/aromatic N) is 5. The van der Waals surface area contributed by atoms with Gasteiger partial charge in [0.05, 0.1) is 33.1 Å². The fraction of sp³-hybridized carbons (Fsp3) is 0. The van der Waals surface area contributed by atoms with Crippen molar-refractivity contribution in [2.24, 2.45) is 0 Å². The molecule has 0 radical (unpaired) electrons. The summed E-state index contributed by atoms with van der Waals surface area (Å²) < 4.78 is 7.11. The highest BCUT2D eigenvalue weighted by molar-refractivity contribution is 6.13. The minimum Gasteiger partial charge on any atom is -0.311 e. The van der Waals surface area contributed by atoms with Crippen LogP contribution in [0.4, 0.5) is 34.1 Å². The standard InChI is InChI=1S/C58H38N2.C54H37N3/c1-3-14-51-41(10-1)20-22-45-36-44(28-34-53(45)51)40-24-29-47(30-25-40)59(50-33-35-54-46(38-50)23-21-42-11-2-4-15-52(42)54)49-13-9-12-43(37-49)39-26-31-48(32-27-39)60-57-18-7-5-16-55(57)56-17-6-8-19-58(56)60;1-2-12-38(13-3-1)39-22-28-42(29-23-39)55(44-34-36-46(37-35-44)57-53-20-10-6-16-49(53)50-17-7-11-21-54(50)57)43-30-24-40(25-31-43)41-26-32-45(33-27-41)56-51-18-8-4-14-47(51)48-15-5-9-19-52(48)56/h1-38H;1-37H. The van der Waals surface area contributed by atoms with E-state index in [9.17, 15) is 0 Å². The van der Waals surface area contributed by atoms with Crippen LogP contribution in [0.25, 0.3) is 170 Å². The van der Waals surface area contributed by atoms with Crippen LogP contribution in [-0.4, -0.2) is 13.7 Å². The van der Waals surface area contributed by atoms with E-state index in [2.05, 4.69) is 478 Å². The highest BCUT2D eigenvalue weighted by Gasteiger charge is 2.21. The number of rotatable bonds is 13. The molecule has 0 N–H and O–H groups in total. The number of aromatic nitrogens is 3. The third-order valence-corrected chi connectivity index (χ3v) is 23.7. The van der Waals surface area contributed by atoms with Crippen LogP contribution in [0.2, 0.25) is 0 Å². The lowest BCUT2D eigenvalue weighted by Crippen LogP contribution is -2.10. The minimum absolute atomic E-state index is 1.09. The summed E-state index contributed by atoms with van der Waals surface area (Å²) >= 11 is 0. The number of fused-ring (bicyclic) bond motifs is 15. The van der Waals surface area contributed by atoms with Crippen LogP contribution in [0.3, 0.4) is 0 Å². The molecule has 0 aliphatic rings. The van der Waals surface area contributed by atoms with Gasteiger partial charge in [0.2, 0.25) is 0 Å². The summed E-state index contributed by atoms with van der Waals surface area (Å²) in [5.74, 6) is 0. The molecule has 3 heterocycles. The molecular formula is C112H75N5. The molecule has 0 saturated heterocycles. The van der Waals surface area contributed by atoms with Crippen LogP contribution in [0.1, 0.15) is 0 Å². The maximum Gasteiger partial charge on any atom is 0.0541 e. The lowest BCUT2D eigenvalue weighted by molar-refractivity contribution is 1.17. The molecule has 5 nitrogen and oxygen atoms in total. The van der Waals surface area contributed by atoms with E-state index in [1.807, 2.05) is 0 Å². The molecule has 0 fully saturated rings. The Morgan fingerprint density at radius 2 is 0.368 bits per heavy atom. The molecule has 0 aliphatic carbocycles. The molecule has 23 aromatic rings. The first-order valence-corrected chi connectivity index (χ1v) is 40.2. The van der Waals surface area contributed by atoms with Crippen LogP contribution in [-0.2, 0) is 0 Å². The lowest BCUT2D eigenvalue weighted by atomic mass is 9.97. The Labute approximate surface area is 678 Å². The molecule has 0 atom stereocenters. The molecule has 23 rings (SSSR count). The van der Waals surface area contributed by atoms with E-state index in [1.54, 1.807) is 0 Å². The Morgan fingerprint density at radius 3 is 0.769 bits per heavy atom. The van der Waals surface area contributed by atoms with Crippen molar-refractivity contribution in [1.82, 2.24) is 13.7 Å². The van der Waals surface area contributed by atoms with Gasteiger partial charge in [0.1, 0.15) is 0 Å². The first-order valence-electron chi connectivity index (χ1n) is 40.2. The van der Waals surface area contributed by atoms with Gasteiger partial charge in [-0.25, -0.2) is 0 Å². The van der Waals surface area contributed by atoms with Crippen LogP contribution in [0, 0.1) is 0 Å². The van der Waals surface area contributed by atoms with Gasteiger partial charge in [-0.05, 0) is 239 Å². The van der Waals surface area contributed by atoms with Gasteiger partial charge in [-0.1, -0.05) is 303 Å². The van der Waals surface area contributed by atoms with E-state index >= 15 is 0 Å². The third-order valence-electron chi connectivity index (χ3n) is 23.7. The largest absolute Gasteiger partial charge is 0.311 e. The highest BCUT2D eigenvalue weighted by Crippen LogP contribution is 2.44. The van der Waals surface area contributed by atoms with Gasteiger partial charge in [-0.2, -0.15) is 0 Å². The zero-order valence-electron chi connectivity index (χ0n) is 64.0. The SMILES string of the molecule is c1cc(-c2ccc(-n3c4ccccc4c4ccccc43)cc2)cc(N(c2ccc(-c3ccc4c(ccc5ccccc54)c3)cc2)c2ccc3c(ccc4ccccc43)c2)c1.c1ccc(-c2ccc(N(c3ccc(-c4ccc(-n5c6ccccc6c6ccccc65)cc4)cc3)c3ccc(-n4c5ccccc5c5ccccc54)cc3)cc2)cc1. The van der Waals surface area contributed by atoms with Gasteiger partial charge in [-0.3, -0.25) is 0 Å². The van der Waals surface area contributed by atoms with Crippen molar-refractivity contribution in [2.45, 2.75) is 0 Å². The first-order chi connectivity index (χ1) is 58.0. The number of anilines is 6. The molecule has 0 aliphatic heterocycles. The second-order valence-corrected chi connectivity index (χ2v) is 30.4. The fourth-order valence-corrected chi connectivity index (χ4v) is 18.0. The molecule has 0 bridgehead atoms. The molecule has 20 aromatic carbocycles. The van der Waals surface area contributed by atoms with Gasteiger partial charge in [-0.15, -0.1) is 0 Å². The molecular weight excluding hydrogens is 1420 g/mol. The molecule has 3 aromatic heterocycles. The van der Waals surface area contributed by atoms with E-state index in [-0.39, 0.29) is 0 Å². The Bertz CT molecular complexity index is 7550. The van der Waals surface area contributed by atoms with Gasteiger partial charge >= 0.3 is 0 Å². The van der Waals surface area contributed by atoms with Crippen molar-refractivity contribution in [3.8, 4) is 61.6 Å². The number of hydrogen-bond acceptors (Lipinski definition) is 2. The summed E-state index contributed by atoms with van der Waals surface area (Å²) in [6, 6.07) is 165. The van der Waals surface area contributed by atoms with E-state index in [0.717, 1.165) is 51.2 Å². The molecule has 5 heteroatoms. The average Bonchev–Trinajstić information content (AvgIpc) is 1.54. The summed E-state index contributed by atoms with van der Waals surface area (Å²) in [5.41, 5.74) is 26.8. The van der Waals surface area contributed by atoms with Gasteiger partial charge in [0.15, 0.2) is 0 Å². The number of hydrogen-bond donors (Lipinski definition) is 0. The second kappa shape index (κ2) is 28.9. The number of para-hydroxylation sites is 6. The Balaban J connectivity index is 0.000000142. The highest BCUT2D eigenvalue weighted by atomic mass is 15.1. The third kappa shape index (κ3) is 12.2. The van der Waals surface area contributed by atoms with Gasteiger partial charge in [0.25, 0.3) is 0 Å². The van der Waals surface area contributed by atoms with E-state index in [0.29, 0.717) is 0 Å². The van der Waals surface area contributed by atoms with Gasteiger partial charge < -0.3 is 23.5 Å². The Kier molecular flexibility index (Phi) is 16.9. The molecule has 117 heavy (non-hydrogen) atoms. The lowest BCUT2D eigenvalue weighted by Gasteiger charge is -2.27. The van der Waals surface area contributed by atoms with Crippen molar-refractivity contribution in [3.05, 3.63) is 455 Å². The van der Waals surface area contributed by atoms with E-state index < -0.39 is 0 Å². The van der Waals surface area contributed by atoms with Crippen LogP contribution >= 0.6 is 0 Å². The molecule has 0 unspecified atom stereocenters. The summed E-state index contributed by atoms with van der Waals surface area (Å²) in [4.78, 5) is 4.74. The topological polar surface area (TPSA) is 21.3 Å². The van der Waals surface area contributed by atoms with E-state index in [1.165, 1.54) is 153 Å². The summed E-state index contributed by atoms with van der Waals surface area (Å²) in [5, 5.41) is 17.7. The summed E-state index contributed by atoms with van der Waals surface area (Å²) in [7, 11) is 0. The van der Waals surface area contributed by atoms with Crippen molar-refractivity contribution in [2.75, 3.05) is 9.80 Å². The minimum atomic E-state index is 1.09. The van der Waals surface area contributed by atoms with Crippen molar-refractivity contribution in [1.29, 1.82) is 0 Å². The number of benzene rings is 20. The summed E-state index contributed by atoms with van der Waals surface area (Å²) in [6.45, 7) is 0. The Morgan fingerprint density at radius 1 is 0.128 bits per heavy atom. The van der Waals surface area contributed by atoms with Crippen LogP contribution < -0.4 is 9.80 Å².